The second kappa shape index (κ2) is 5.73. The van der Waals surface area contributed by atoms with Crippen molar-refractivity contribution in [3.8, 4) is 0 Å². The molecule has 1 N–H and O–H groups in total. The van der Waals surface area contributed by atoms with Crippen molar-refractivity contribution in [2.75, 3.05) is 13.2 Å². The number of halogens is 4. The number of hydrogen-bond acceptors (Lipinski definition) is 2. The topological polar surface area (TPSA) is 40.5 Å². The minimum atomic E-state index is -4.52. The number of hydrogen-bond donors (Lipinski definition) is 1. The Morgan fingerprint density at radius 3 is 2.75 bits per heavy atom. The van der Waals surface area contributed by atoms with Crippen LogP contribution in [-0.2, 0) is 6.18 Å². The molecule has 0 aromatic heterocycles. The highest BCUT2D eigenvalue weighted by Gasteiger charge is 2.35. The molecule has 7 heteroatoms. The van der Waals surface area contributed by atoms with E-state index in [9.17, 15) is 23.1 Å². The van der Waals surface area contributed by atoms with Gasteiger partial charge in [0, 0.05) is 16.6 Å². The maximum absolute atomic E-state index is 12.8. The van der Waals surface area contributed by atoms with E-state index in [1.807, 2.05) is 0 Å². The van der Waals surface area contributed by atoms with E-state index in [0.717, 1.165) is 12.5 Å². The van der Waals surface area contributed by atoms with Crippen LogP contribution in [0.25, 0.3) is 0 Å². The molecule has 0 radical (unpaired) electrons. The molecule has 1 saturated heterocycles. The van der Waals surface area contributed by atoms with E-state index in [1.54, 1.807) is 0 Å². The molecule has 1 heterocycles. The van der Waals surface area contributed by atoms with Crippen molar-refractivity contribution >= 4 is 21.8 Å². The number of aliphatic hydroxyl groups is 1. The number of amides is 1. The summed E-state index contributed by atoms with van der Waals surface area (Å²) in [6.45, 7) is 0.288. The van der Waals surface area contributed by atoms with Gasteiger partial charge in [0.15, 0.2) is 0 Å². The zero-order chi connectivity index (χ0) is 14.9. The SMILES string of the molecule is O=C(c1ccc(Br)c(C(F)(F)F)c1)N1CCCC1CO. The highest BCUT2D eigenvalue weighted by Crippen LogP contribution is 2.35. The van der Waals surface area contributed by atoms with Crippen molar-refractivity contribution in [1.82, 2.24) is 4.90 Å². The minimum Gasteiger partial charge on any atom is -0.394 e. The molecule has 0 aliphatic carbocycles. The third-order valence-electron chi connectivity index (χ3n) is 3.37. The van der Waals surface area contributed by atoms with Crippen molar-refractivity contribution in [2.45, 2.75) is 25.1 Å². The van der Waals surface area contributed by atoms with Gasteiger partial charge in [0.05, 0.1) is 18.2 Å². The average molecular weight is 352 g/mol. The Kier molecular flexibility index (Phi) is 4.39. The van der Waals surface area contributed by atoms with Gasteiger partial charge >= 0.3 is 6.18 Å². The van der Waals surface area contributed by atoms with Gasteiger partial charge in [0.2, 0.25) is 0 Å². The fourth-order valence-corrected chi connectivity index (χ4v) is 2.81. The number of alkyl halides is 3. The van der Waals surface area contributed by atoms with Crippen LogP contribution in [0.2, 0.25) is 0 Å². The smallest absolute Gasteiger partial charge is 0.394 e. The van der Waals surface area contributed by atoms with Gasteiger partial charge < -0.3 is 10.0 Å². The number of nitrogens with zero attached hydrogens (tertiary/aromatic N) is 1. The third-order valence-corrected chi connectivity index (χ3v) is 4.06. The monoisotopic (exact) mass is 351 g/mol. The number of carbonyl (C=O) groups excluding carboxylic acids is 1. The summed E-state index contributed by atoms with van der Waals surface area (Å²) in [6, 6.07) is 3.12. The number of rotatable bonds is 2. The quantitative estimate of drug-likeness (QED) is 0.889. The minimum absolute atomic E-state index is 0.0131. The van der Waals surface area contributed by atoms with Crippen molar-refractivity contribution in [3.05, 3.63) is 33.8 Å². The lowest BCUT2D eigenvalue weighted by Crippen LogP contribution is -2.37. The Bertz CT molecular complexity index is 519. The lowest BCUT2D eigenvalue weighted by atomic mass is 10.1. The van der Waals surface area contributed by atoms with Gasteiger partial charge in [0.25, 0.3) is 5.91 Å². The van der Waals surface area contributed by atoms with Crippen LogP contribution in [-0.4, -0.2) is 35.1 Å². The normalized spacial score (nSPS) is 19.4. The molecule has 1 aliphatic rings. The predicted molar refractivity (Wildman–Crippen MR) is 70.3 cm³/mol. The van der Waals surface area contributed by atoms with E-state index >= 15 is 0 Å². The first-order chi connectivity index (χ1) is 9.34. The summed E-state index contributed by atoms with van der Waals surface area (Å²) in [4.78, 5) is 13.7. The van der Waals surface area contributed by atoms with Crippen LogP contribution in [0, 0.1) is 0 Å². The molecule has 0 spiro atoms. The first kappa shape index (κ1) is 15.3. The number of aliphatic hydroxyl groups excluding tert-OH is 1. The van der Waals surface area contributed by atoms with Crippen LogP contribution < -0.4 is 0 Å². The van der Waals surface area contributed by atoms with Crippen molar-refractivity contribution in [1.29, 1.82) is 0 Å². The highest BCUT2D eigenvalue weighted by atomic mass is 79.9. The van der Waals surface area contributed by atoms with E-state index in [-0.39, 0.29) is 22.7 Å². The first-order valence-corrected chi connectivity index (χ1v) is 6.92. The lowest BCUT2D eigenvalue weighted by molar-refractivity contribution is -0.138. The molecule has 1 unspecified atom stereocenters. The van der Waals surface area contributed by atoms with Crippen LogP contribution in [0.3, 0.4) is 0 Å². The van der Waals surface area contributed by atoms with Gasteiger partial charge in [-0.25, -0.2) is 0 Å². The average Bonchev–Trinajstić information content (AvgIpc) is 2.85. The van der Waals surface area contributed by atoms with Crippen LogP contribution in [0.15, 0.2) is 22.7 Å². The highest BCUT2D eigenvalue weighted by molar-refractivity contribution is 9.10. The Morgan fingerprint density at radius 2 is 2.15 bits per heavy atom. The predicted octanol–water partition coefficient (Wildman–Crippen LogP) is 3.06. The van der Waals surface area contributed by atoms with E-state index in [4.69, 9.17) is 0 Å². The summed E-state index contributed by atoms with van der Waals surface area (Å²) < 4.78 is 38.4. The Morgan fingerprint density at radius 1 is 1.45 bits per heavy atom. The molecule has 1 atom stereocenters. The number of likely N-dealkylation sites (tertiary alicyclic amines) is 1. The molecule has 0 bridgehead atoms. The zero-order valence-electron chi connectivity index (χ0n) is 10.5. The third kappa shape index (κ3) is 2.98. The van der Waals surface area contributed by atoms with Crippen LogP contribution >= 0.6 is 15.9 Å². The molecule has 1 aliphatic heterocycles. The first-order valence-electron chi connectivity index (χ1n) is 6.13. The molecule has 1 fully saturated rings. The maximum Gasteiger partial charge on any atom is 0.417 e. The number of benzene rings is 1. The summed E-state index contributed by atoms with van der Waals surface area (Å²) in [7, 11) is 0. The molecule has 2 rings (SSSR count). The molecule has 1 aromatic carbocycles. The summed E-state index contributed by atoms with van der Waals surface area (Å²) in [5.74, 6) is -0.473. The zero-order valence-corrected chi connectivity index (χ0v) is 12.0. The van der Waals surface area contributed by atoms with Gasteiger partial charge in [-0.15, -0.1) is 0 Å². The fraction of sp³-hybridized carbons (Fsp3) is 0.462. The van der Waals surface area contributed by atoms with Gasteiger partial charge in [0.1, 0.15) is 0 Å². The second-order valence-electron chi connectivity index (χ2n) is 4.67. The summed E-state index contributed by atoms with van der Waals surface area (Å²) in [6.07, 6.45) is -3.10. The van der Waals surface area contributed by atoms with Crippen molar-refractivity contribution in [3.63, 3.8) is 0 Å². The summed E-state index contributed by atoms with van der Waals surface area (Å²) >= 11 is 2.84. The van der Waals surface area contributed by atoms with Gasteiger partial charge in [-0.05, 0) is 31.0 Å². The van der Waals surface area contributed by atoms with Crippen molar-refractivity contribution < 1.29 is 23.1 Å². The second-order valence-corrected chi connectivity index (χ2v) is 5.52. The summed E-state index contributed by atoms with van der Waals surface area (Å²) in [5, 5.41) is 9.18. The molecule has 3 nitrogen and oxygen atoms in total. The summed E-state index contributed by atoms with van der Waals surface area (Å²) in [5.41, 5.74) is -0.885. The van der Waals surface area contributed by atoms with E-state index in [0.29, 0.717) is 13.0 Å². The Balaban J connectivity index is 2.31. The van der Waals surface area contributed by atoms with Gasteiger partial charge in [-0.2, -0.15) is 13.2 Å². The van der Waals surface area contributed by atoms with E-state index in [1.165, 1.54) is 17.0 Å². The van der Waals surface area contributed by atoms with Crippen LogP contribution in [0.1, 0.15) is 28.8 Å². The molecule has 110 valence electrons. The molecule has 0 saturated carbocycles. The Labute approximate surface area is 122 Å². The Hall–Kier alpha value is -1.08. The van der Waals surface area contributed by atoms with Gasteiger partial charge in [-0.1, -0.05) is 15.9 Å². The molecule has 20 heavy (non-hydrogen) atoms. The molecule has 1 aromatic rings. The van der Waals surface area contributed by atoms with E-state index in [2.05, 4.69) is 15.9 Å². The van der Waals surface area contributed by atoms with Crippen LogP contribution in [0.5, 0.6) is 0 Å². The van der Waals surface area contributed by atoms with E-state index < -0.39 is 17.6 Å². The maximum atomic E-state index is 12.8. The van der Waals surface area contributed by atoms with Gasteiger partial charge in [-0.3, -0.25) is 4.79 Å². The molecular formula is C13H13BrF3NO2. The molecular weight excluding hydrogens is 339 g/mol. The molecule has 1 amide bonds. The van der Waals surface area contributed by atoms with Crippen LogP contribution in [0.4, 0.5) is 13.2 Å². The lowest BCUT2D eigenvalue weighted by Gasteiger charge is -2.23. The largest absolute Gasteiger partial charge is 0.417 e. The fourth-order valence-electron chi connectivity index (χ4n) is 2.33. The standard InChI is InChI=1S/C13H13BrF3NO2/c14-11-4-3-8(6-10(11)13(15,16)17)12(20)18-5-1-2-9(18)7-19/h3-4,6,9,19H,1-2,5,7H2. The van der Waals surface area contributed by atoms with Crippen molar-refractivity contribution in [2.24, 2.45) is 0 Å². The number of carbonyl (C=O) groups is 1.